The Labute approximate surface area is 217 Å². The van der Waals surface area contributed by atoms with Crippen LogP contribution in [-0.4, -0.2) is 56.8 Å². The number of nitrogens with one attached hydrogen (secondary N) is 1. The Hall–Kier alpha value is -2.98. The van der Waals surface area contributed by atoms with Gasteiger partial charge in [0.15, 0.2) is 11.5 Å². The van der Waals surface area contributed by atoms with Crippen molar-refractivity contribution in [3.05, 3.63) is 53.1 Å². The van der Waals surface area contributed by atoms with Crippen LogP contribution in [0.3, 0.4) is 0 Å². The summed E-state index contributed by atoms with van der Waals surface area (Å²) in [6.45, 7) is 5.32. The van der Waals surface area contributed by atoms with Gasteiger partial charge in [0.25, 0.3) is 0 Å². The molecule has 1 aliphatic heterocycles. The van der Waals surface area contributed by atoms with Crippen LogP contribution in [0.25, 0.3) is 0 Å². The zero-order chi connectivity index (χ0) is 26.5. The lowest BCUT2D eigenvalue weighted by atomic mass is 10.1. The number of amides is 2. The van der Waals surface area contributed by atoms with Crippen molar-refractivity contribution in [1.82, 2.24) is 10.2 Å². The van der Waals surface area contributed by atoms with Gasteiger partial charge >= 0.3 is 0 Å². The number of hydrogen-bond acceptors (Lipinski definition) is 6. The average Bonchev–Trinajstić information content (AvgIpc) is 3.30. The van der Waals surface area contributed by atoms with Crippen molar-refractivity contribution in [3.8, 4) is 11.5 Å². The van der Waals surface area contributed by atoms with E-state index in [9.17, 15) is 18.0 Å². The molecule has 11 heteroatoms. The van der Waals surface area contributed by atoms with Gasteiger partial charge in [-0.25, -0.2) is 8.42 Å². The molecule has 1 heterocycles. The molecule has 3 rings (SSSR count). The minimum absolute atomic E-state index is 0.0366. The molecule has 2 amide bonds. The summed E-state index contributed by atoms with van der Waals surface area (Å²) in [5, 5.41) is 3.48. The lowest BCUT2D eigenvalue weighted by Gasteiger charge is -2.33. The van der Waals surface area contributed by atoms with Crippen LogP contribution < -0.4 is 19.1 Å². The fraction of sp³-hybridized carbons (Fsp3) is 0.440. The van der Waals surface area contributed by atoms with E-state index in [1.807, 2.05) is 20.8 Å². The van der Waals surface area contributed by atoms with Crippen molar-refractivity contribution in [2.24, 2.45) is 0 Å². The van der Waals surface area contributed by atoms with Gasteiger partial charge in [0.1, 0.15) is 12.6 Å². The second-order valence-corrected chi connectivity index (χ2v) is 11.0. The van der Waals surface area contributed by atoms with Crippen LogP contribution in [0.4, 0.5) is 5.69 Å². The normalized spacial score (nSPS) is 14.1. The van der Waals surface area contributed by atoms with Crippen LogP contribution in [0, 0.1) is 0 Å². The topological polar surface area (TPSA) is 105 Å². The molecule has 0 saturated carbocycles. The molecular weight excluding hydrogens is 506 g/mol. The Bertz CT molecular complexity index is 1190. The number of ether oxygens (including phenoxy) is 2. The van der Waals surface area contributed by atoms with Crippen LogP contribution in [0.5, 0.6) is 11.5 Å². The fourth-order valence-electron chi connectivity index (χ4n) is 3.80. The van der Waals surface area contributed by atoms with Crippen LogP contribution in [0.15, 0.2) is 42.5 Å². The molecule has 0 aliphatic carbocycles. The Balaban J connectivity index is 1.94. The Kier molecular flexibility index (Phi) is 9.08. The molecule has 9 nitrogen and oxygen atoms in total. The first-order valence-corrected chi connectivity index (χ1v) is 14.0. The van der Waals surface area contributed by atoms with E-state index in [-0.39, 0.29) is 31.0 Å². The van der Waals surface area contributed by atoms with E-state index in [0.717, 1.165) is 22.5 Å². The summed E-state index contributed by atoms with van der Waals surface area (Å²) < 4.78 is 37.2. The van der Waals surface area contributed by atoms with Gasteiger partial charge in [-0.15, -0.1) is 0 Å². The van der Waals surface area contributed by atoms with E-state index in [1.165, 1.54) is 11.0 Å². The minimum Gasteiger partial charge on any atom is -0.454 e. The molecule has 2 atom stereocenters. The summed E-state index contributed by atoms with van der Waals surface area (Å²) in [5.41, 5.74) is 1.02. The van der Waals surface area contributed by atoms with Crippen molar-refractivity contribution in [2.45, 2.75) is 52.2 Å². The Morgan fingerprint density at radius 2 is 1.72 bits per heavy atom. The van der Waals surface area contributed by atoms with E-state index < -0.39 is 28.5 Å². The molecule has 2 aromatic carbocycles. The zero-order valence-electron chi connectivity index (χ0n) is 20.9. The predicted molar refractivity (Wildman–Crippen MR) is 139 cm³/mol. The van der Waals surface area contributed by atoms with Crippen LogP contribution in [0.1, 0.15) is 39.2 Å². The highest BCUT2D eigenvalue weighted by Crippen LogP contribution is 2.36. The number of nitrogens with zero attached hydrogens (tertiary/aromatic N) is 2. The van der Waals surface area contributed by atoms with Crippen LogP contribution in [-0.2, 0) is 26.2 Å². The predicted octanol–water partition coefficient (Wildman–Crippen LogP) is 3.56. The SMILES string of the molecule is CC[C@H](C)NC(=O)[C@H](CC)N(Cc1ccc(Cl)cc1)C(=O)CN(c1ccc2c(c1)OCO2)S(C)(=O)=O. The molecule has 0 unspecified atom stereocenters. The van der Waals surface area contributed by atoms with Gasteiger partial charge in [0, 0.05) is 23.7 Å². The molecule has 0 saturated heterocycles. The van der Waals surface area contributed by atoms with E-state index >= 15 is 0 Å². The highest BCUT2D eigenvalue weighted by Gasteiger charge is 2.32. The smallest absolute Gasteiger partial charge is 0.244 e. The number of carbonyl (C=O) groups is 2. The maximum atomic E-state index is 13.7. The molecule has 0 fully saturated rings. The van der Waals surface area contributed by atoms with Gasteiger partial charge in [0.2, 0.25) is 28.6 Å². The Morgan fingerprint density at radius 3 is 2.33 bits per heavy atom. The standard InChI is InChI=1S/C25H32ClN3O6S/c1-5-17(3)27-25(31)21(6-2)28(14-18-7-9-19(26)10-8-18)24(30)15-29(36(4,32)33)20-11-12-22-23(13-20)35-16-34-22/h7-13,17,21H,5-6,14-16H2,1-4H3,(H,27,31)/t17-,21-/m0/s1. The highest BCUT2D eigenvalue weighted by atomic mass is 35.5. The van der Waals surface area contributed by atoms with E-state index in [2.05, 4.69) is 5.32 Å². The summed E-state index contributed by atoms with van der Waals surface area (Å²) in [4.78, 5) is 28.2. The largest absolute Gasteiger partial charge is 0.454 e. The van der Waals surface area contributed by atoms with Gasteiger partial charge in [-0.05, 0) is 49.6 Å². The van der Waals surface area contributed by atoms with Crippen molar-refractivity contribution in [1.29, 1.82) is 0 Å². The van der Waals surface area contributed by atoms with Gasteiger partial charge in [-0.3, -0.25) is 13.9 Å². The summed E-state index contributed by atoms with van der Waals surface area (Å²) in [7, 11) is -3.85. The maximum Gasteiger partial charge on any atom is 0.244 e. The number of fused-ring (bicyclic) bond motifs is 1. The van der Waals surface area contributed by atoms with Crippen LogP contribution in [0.2, 0.25) is 5.02 Å². The molecule has 36 heavy (non-hydrogen) atoms. The number of benzene rings is 2. The van der Waals surface area contributed by atoms with Gasteiger partial charge in [-0.2, -0.15) is 0 Å². The molecule has 196 valence electrons. The molecule has 0 radical (unpaired) electrons. The summed E-state index contributed by atoms with van der Waals surface area (Å²) in [6, 6.07) is 10.8. The number of hydrogen-bond donors (Lipinski definition) is 1. The van der Waals surface area contributed by atoms with Gasteiger partial charge < -0.3 is 19.7 Å². The number of carbonyl (C=O) groups excluding carboxylic acids is 2. The van der Waals surface area contributed by atoms with Crippen molar-refractivity contribution < 1.29 is 27.5 Å². The van der Waals surface area contributed by atoms with Gasteiger partial charge in [-0.1, -0.05) is 37.6 Å². The zero-order valence-corrected chi connectivity index (χ0v) is 22.4. The minimum atomic E-state index is -3.85. The quantitative estimate of drug-likeness (QED) is 0.470. The first-order valence-electron chi connectivity index (χ1n) is 11.7. The van der Waals surface area contributed by atoms with E-state index in [4.69, 9.17) is 21.1 Å². The highest BCUT2D eigenvalue weighted by molar-refractivity contribution is 7.92. The number of halogens is 1. The number of rotatable bonds is 11. The average molecular weight is 538 g/mol. The molecule has 1 aliphatic rings. The second-order valence-electron chi connectivity index (χ2n) is 8.70. The third kappa shape index (κ3) is 6.82. The maximum absolute atomic E-state index is 13.7. The van der Waals surface area contributed by atoms with E-state index in [0.29, 0.717) is 22.9 Å². The van der Waals surface area contributed by atoms with Gasteiger partial charge in [0.05, 0.1) is 11.9 Å². The lowest BCUT2D eigenvalue weighted by molar-refractivity contribution is -0.140. The number of anilines is 1. The molecule has 1 N–H and O–H groups in total. The lowest BCUT2D eigenvalue weighted by Crippen LogP contribution is -2.53. The molecule has 0 bridgehead atoms. The van der Waals surface area contributed by atoms with E-state index in [1.54, 1.807) is 36.4 Å². The monoisotopic (exact) mass is 537 g/mol. The third-order valence-corrected chi connectivity index (χ3v) is 7.37. The molecule has 0 spiro atoms. The van der Waals surface area contributed by atoms with Crippen molar-refractivity contribution >= 4 is 39.1 Å². The first kappa shape index (κ1) is 27.6. The Morgan fingerprint density at radius 1 is 1.06 bits per heavy atom. The van der Waals surface area contributed by atoms with Crippen molar-refractivity contribution in [2.75, 3.05) is 23.9 Å². The molecule has 0 aromatic heterocycles. The molecular formula is C25H32ClN3O6S. The second kappa shape index (κ2) is 11.8. The fourth-order valence-corrected chi connectivity index (χ4v) is 4.77. The third-order valence-electron chi connectivity index (χ3n) is 5.98. The van der Waals surface area contributed by atoms with Crippen LogP contribution >= 0.6 is 11.6 Å². The first-order chi connectivity index (χ1) is 17.0. The van der Waals surface area contributed by atoms with Crippen molar-refractivity contribution in [3.63, 3.8) is 0 Å². The number of sulfonamides is 1. The molecule has 2 aromatic rings. The summed E-state index contributed by atoms with van der Waals surface area (Å²) >= 11 is 6.01. The summed E-state index contributed by atoms with van der Waals surface area (Å²) in [6.07, 6.45) is 2.12. The summed E-state index contributed by atoms with van der Waals surface area (Å²) in [5.74, 6) is 0.0870.